The van der Waals surface area contributed by atoms with E-state index in [1.165, 1.54) is 16.7 Å². The summed E-state index contributed by atoms with van der Waals surface area (Å²) < 4.78 is 13.8. The second-order valence-corrected chi connectivity index (χ2v) is 8.52. The van der Waals surface area contributed by atoms with E-state index in [-0.39, 0.29) is 18.4 Å². The fourth-order valence-corrected chi connectivity index (χ4v) is 4.71. The zero-order valence-electron chi connectivity index (χ0n) is 15.9. The van der Waals surface area contributed by atoms with Crippen LogP contribution in [-0.4, -0.2) is 64.7 Å². The SMILES string of the molecule is CC1(F)CN(c2ccc3nccc(C(=O)NCC(=O)N4CSCC4C#N)c3c2)C1. The summed E-state index contributed by atoms with van der Waals surface area (Å²) in [6.45, 7) is 2.01. The number of carbonyl (C=O) groups is 2. The van der Waals surface area contributed by atoms with Crippen LogP contribution in [0.15, 0.2) is 30.5 Å². The third kappa shape index (κ3) is 3.85. The summed E-state index contributed by atoms with van der Waals surface area (Å²) in [5.74, 6) is 0.374. The van der Waals surface area contributed by atoms with E-state index in [0.717, 1.165) is 5.69 Å². The van der Waals surface area contributed by atoms with Gasteiger partial charge in [0.05, 0.1) is 42.7 Å². The molecule has 7 nitrogen and oxygen atoms in total. The van der Waals surface area contributed by atoms with Crippen molar-refractivity contribution in [3.63, 3.8) is 0 Å². The molecule has 2 aromatic rings. The van der Waals surface area contributed by atoms with Gasteiger partial charge in [0, 0.05) is 23.0 Å². The topological polar surface area (TPSA) is 89.3 Å². The normalized spacial score (nSPS) is 20.2. The molecule has 1 atom stereocenters. The minimum absolute atomic E-state index is 0.173. The minimum Gasteiger partial charge on any atom is -0.365 e. The van der Waals surface area contributed by atoms with Gasteiger partial charge in [-0.05, 0) is 31.2 Å². The number of nitrogens with zero attached hydrogens (tertiary/aromatic N) is 4. The molecular weight excluding hydrogens is 393 g/mol. The van der Waals surface area contributed by atoms with Gasteiger partial charge in [-0.2, -0.15) is 5.26 Å². The van der Waals surface area contributed by atoms with Crippen molar-refractivity contribution >= 4 is 40.2 Å². The van der Waals surface area contributed by atoms with Crippen molar-refractivity contribution in [2.75, 3.05) is 36.2 Å². The van der Waals surface area contributed by atoms with Crippen LogP contribution in [0.1, 0.15) is 17.3 Å². The first kappa shape index (κ1) is 19.5. The quantitative estimate of drug-likeness (QED) is 0.824. The lowest BCUT2D eigenvalue weighted by molar-refractivity contribution is -0.129. The number of benzene rings is 1. The molecule has 1 aromatic carbocycles. The molecule has 2 saturated heterocycles. The fourth-order valence-electron chi connectivity index (χ4n) is 3.61. The minimum atomic E-state index is -1.19. The Balaban J connectivity index is 1.50. The van der Waals surface area contributed by atoms with Crippen LogP contribution in [0.2, 0.25) is 0 Å². The number of nitriles is 1. The molecular formula is C20H20FN5O2S. The van der Waals surface area contributed by atoms with Crippen LogP contribution in [0.5, 0.6) is 0 Å². The van der Waals surface area contributed by atoms with Crippen LogP contribution >= 0.6 is 11.8 Å². The molecule has 2 aliphatic heterocycles. The molecule has 1 unspecified atom stereocenters. The zero-order chi connectivity index (χ0) is 20.6. The van der Waals surface area contributed by atoms with Crippen molar-refractivity contribution in [2.45, 2.75) is 18.6 Å². The number of fused-ring (bicyclic) bond motifs is 1. The summed E-state index contributed by atoms with van der Waals surface area (Å²) >= 11 is 1.52. The van der Waals surface area contributed by atoms with Crippen molar-refractivity contribution in [1.29, 1.82) is 5.26 Å². The van der Waals surface area contributed by atoms with Crippen molar-refractivity contribution < 1.29 is 14.0 Å². The van der Waals surface area contributed by atoms with Crippen LogP contribution < -0.4 is 10.2 Å². The molecule has 2 aliphatic rings. The molecule has 0 radical (unpaired) electrons. The van der Waals surface area contributed by atoms with E-state index in [9.17, 15) is 14.0 Å². The van der Waals surface area contributed by atoms with E-state index in [2.05, 4.69) is 16.4 Å². The standard InChI is InChI=1S/C20H20FN5O2S/c1-20(21)10-25(11-20)13-2-3-17-16(6-13)15(4-5-23-17)19(28)24-8-18(27)26-12-29-9-14(26)7-22/h2-6,14H,8-12H2,1H3,(H,24,28). The van der Waals surface area contributed by atoms with Crippen LogP contribution in [0.25, 0.3) is 10.9 Å². The summed E-state index contributed by atoms with van der Waals surface area (Å²) in [7, 11) is 0. The Hall–Kier alpha value is -2.86. The molecule has 9 heteroatoms. The Morgan fingerprint density at radius 1 is 1.41 bits per heavy atom. The number of anilines is 1. The first-order valence-electron chi connectivity index (χ1n) is 9.26. The molecule has 0 bridgehead atoms. The average molecular weight is 413 g/mol. The van der Waals surface area contributed by atoms with Gasteiger partial charge in [0.1, 0.15) is 11.7 Å². The van der Waals surface area contributed by atoms with E-state index in [1.807, 2.05) is 17.0 Å². The van der Waals surface area contributed by atoms with Crippen LogP contribution in [0, 0.1) is 11.3 Å². The molecule has 29 heavy (non-hydrogen) atoms. The average Bonchev–Trinajstić information content (AvgIpc) is 3.18. The molecule has 0 saturated carbocycles. The number of nitrogens with one attached hydrogen (secondary N) is 1. The van der Waals surface area contributed by atoms with Gasteiger partial charge in [-0.25, -0.2) is 4.39 Å². The van der Waals surface area contributed by atoms with Crippen LogP contribution in [0.3, 0.4) is 0 Å². The number of alkyl halides is 1. The Morgan fingerprint density at radius 3 is 2.93 bits per heavy atom. The number of thioether (sulfide) groups is 1. The van der Waals surface area contributed by atoms with Crippen molar-refractivity contribution in [1.82, 2.24) is 15.2 Å². The third-order valence-corrected chi connectivity index (χ3v) is 6.14. The summed E-state index contributed by atoms with van der Waals surface area (Å²) in [4.78, 5) is 32.8. The lowest BCUT2D eigenvalue weighted by Crippen LogP contribution is -2.57. The molecule has 2 fully saturated rings. The molecule has 0 spiro atoms. The molecule has 3 heterocycles. The first-order valence-corrected chi connectivity index (χ1v) is 10.4. The molecule has 2 amide bonds. The van der Waals surface area contributed by atoms with Gasteiger partial charge < -0.3 is 15.1 Å². The van der Waals surface area contributed by atoms with Gasteiger partial charge in [-0.3, -0.25) is 14.6 Å². The molecule has 0 aliphatic carbocycles. The van der Waals surface area contributed by atoms with Gasteiger partial charge >= 0.3 is 0 Å². The summed E-state index contributed by atoms with van der Waals surface area (Å²) in [5.41, 5.74) is 0.689. The maximum absolute atomic E-state index is 13.8. The van der Waals surface area contributed by atoms with Crippen LogP contribution in [-0.2, 0) is 4.79 Å². The van der Waals surface area contributed by atoms with Gasteiger partial charge in [-0.15, -0.1) is 11.8 Å². The number of rotatable bonds is 4. The van der Waals surface area contributed by atoms with E-state index < -0.39 is 11.7 Å². The number of halogens is 1. The van der Waals surface area contributed by atoms with E-state index >= 15 is 0 Å². The summed E-state index contributed by atoms with van der Waals surface area (Å²) in [6, 6.07) is 8.75. The molecule has 4 rings (SSSR count). The fraction of sp³-hybridized carbons (Fsp3) is 0.400. The van der Waals surface area contributed by atoms with Crippen molar-refractivity contribution in [2.24, 2.45) is 0 Å². The Morgan fingerprint density at radius 2 is 2.21 bits per heavy atom. The Kier molecular flexibility index (Phi) is 5.04. The number of hydrogen-bond donors (Lipinski definition) is 1. The van der Waals surface area contributed by atoms with Crippen LogP contribution in [0.4, 0.5) is 10.1 Å². The molecule has 150 valence electrons. The highest BCUT2D eigenvalue weighted by molar-refractivity contribution is 7.99. The number of amides is 2. The van der Waals surface area contributed by atoms with Gasteiger partial charge in [0.2, 0.25) is 5.91 Å². The summed E-state index contributed by atoms with van der Waals surface area (Å²) in [5, 5.41) is 12.4. The lowest BCUT2D eigenvalue weighted by atomic mass is 9.97. The second-order valence-electron chi connectivity index (χ2n) is 7.52. The maximum Gasteiger partial charge on any atom is 0.252 e. The highest BCUT2D eigenvalue weighted by atomic mass is 32.2. The van der Waals surface area contributed by atoms with Gasteiger partial charge in [-0.1, -0.05) is 0 Å². The van der Waals surface area contributed by atoms with E-state index in [4.69, 9.17) is 5.26 Å². The number of aromatic nitrogens is 1. The largest absolute Gasteiger partial charge is 0.365 e. The summed E-state index contributed by atoms with van der Waals surface area (Å²) in [6.07, 6.45) is 1.55. The maximum atomic E-state index is 13.8. The number of pyridine rings is 1. The predicted molar refractivity (Wildman–Crippen MR) is 109 cm³/mol. The Bertz CT molecular complexity index is 1010. The monoisotopic (exact) mass is 413 g/mol. The smallest absolute Gasteiger partial charge is 0.252 e. The number of hydrogen-bond acceptors (Lipinski definition) is 6. The van der Waals surface area contributed by atoms with Crippen molar-refractivity contribution in [3.8, 4) is 6.07 Å². The lowest BCUT2D eigenvalue weighted by Gasteiger charge is -2.43. The molecule has 1 N–H and O–H groups in total. The van der Waals surface area contributed by atoms with Crippen molar-refractivity contribution in [3.05, 3.63) is 36.0 Å². The van der Waals surface area contributed by atoms with Gasteiger partial charge in [0.15, 0.2) is 0 Å². The second kappa shape index (κ2) is 7.52. The Labute approximate surface area is 171 Å². The first-order chi connectivity index (χ1) is 13.9. The van der Waals surface area contributed by atoms with E-state index in [0.29, 0.717) is 41.2 Å². The van der Waals surface area contributed by atoms with Gasteiger partial charge in [0.25, 0.3) is 5.91 Å². The predicted octanol–water partition coefficient (Wildman–Crippen LogP) is 1.94. The highest BCUT2D eigenvalue weighted by Crippen LogP contribution is 2.32. The highest BCUT2D eigenvalue weighted by Gasteiger charge is 2.39. The third-order valence-electron chi connectivity index (χ3n) is 5.13. The van der Waals surface area contributed by atoms with E-state index in [1.54, 1.807) is 25.3 Å². The molecule has 1 aromatic heterocycles. The zero-order valence-corrected chi connectivity index (χ0v) is 16.7. The number of carbonyl (C=O) groups excluding carboxylic acids is 2.